The summed E-state index contributed by atoms with van der Waals surface area (Å²) in [5.74, 6) is 0.832. The first-order chi connectivity index (χ1) is 11.4. The minimum Gasteiger partial charge on any atom is -0.301 e. The Kier molecular flexibility index (Phi) is 6.34. The fourth-order valence-corrected chi connectivity index (χ4v) is 4.98. The van der Waals surface area contributed by atoms with Gasteiger partial charge in [-0.2, -0.15) is 0 Å². The first-order valence-electron chi connectivity index (χ1n) is 10.6. The Bertz CT molecular complexity index is 417. The summed E-state index contributed by atoms with van der Waals surface area (Å²) in [6.45, 7) is 29.2. The van der Waals surface area contributed by atoms with E-state index >= 15 is 0 Å². The summed E-state index contributed by atoms with van der Waals surface area (Å²) in [6.07, 6.45) is 2.72. The van der Waals surface area contributed by atoms with Crippen LogP contribution < -0.4 is 0 Å². The van der Waals surface area contributed by atoms with Gasteiger partial charge in [0.2, 0.25) is 0 Å². The molecule has 0 amide bonds. The molecule has 2 aliphatic rings. The van der Waals surface area contributed by atoms with Crippen molar-refractivity contribution in [1.29, 1.82) is 0 Å². The van der Waals surface area contributed by atoms with Crippen LogP contribution in [0.1, 0.15) is 75.2 Å². The van der Waals surface area contributed by atoms with Crippen molar-refractivity contribution in [2.45, 2.75) is 92.3 Å². The van der Waals surface area contributed by atoms with E-state index in [1.165, 1.54) is 52.1 Å². The van der Waals surface area contributed by atoms with E-state index in [0.29, 0.717) is 17.0 Å². The number of hydrogen-bond donors (Lipinski definition) is 0. The number of nitrogens with zero attached hydrogens (tertiary/aromatic N) is 3. The van der Waals surface area contributed by atoms with Crippen molar-refractivity contribution in [3.05, 3.63) is 0 Å². The first kappa shape index (κ1) is 21.2. The lowest BCUT2D eigenvalue weighted by Crippen LogP contribution is -2.64. The zero-order valence-corrected chi connectivity index (χ0v) is 18.7. The van der Waals surface area contributed by atoms with Crippen LogP contribution in [0.5, 0.6) is 0 Å². The normalized spacial score (nSPS) is 24.2. The van der Waals surface area contributed by atoms with Gasteiger partial charge in [0.25, 0.3) is 0 Å². The second-order valence-corrected chi connectivity index (χ2v) is 10.8. The van der Waals surface area contributed by atoms with Gasteiger partial charge < -0.3 is 4.90 Å². The predicted molar refractivity (Wildman–Crippen MR) is 110 cm³/mol. The van der Waals surface area contributed by atoms with Gasteiger partial charge in [-0.25, -0.2) is 0 Å². The van der Waals surface area contributed by atoms with Gasteiger partial charge in [0.1, 0.15) is 0 Å². The van der Waals surface area contributed by atoms with Crippen molar-refractivity contribution < 1.29 is 0 Å². The molecular formula is C22H45N3. The van der Waals surface area contributed by atoms with E-state index in [9.17, 15) is 0 Å². The van der Waals surface area contributed by atoms with Gasteiger partial charge in [-0.05, 0) is 85.7 Å². The number of piperidine rings is 1. The molecule has 2 aliphatic heterocycles. The Labute approximate surface area is 158 Å². The molecule has 0 saturated carbocycles. The molecule has 0 aromatic heterocycles. The Hall–Kier alpha value is -0.120. The van der Waals surface area contributed by atoms with Gasteiger partial charge in [0.05, 0.1) is 0 Å². The molecule has 0 N–H and O–H groups in total. The van der Waals surface area contributed by atoms with Crippen molar-refractivity contribution in [2.75, 3.05) is 39.3 Å². The molecule has 148 valence electrons. The molecule has 0 aromatic carbocycles. The molecule has 3 nitrogen and oxygen atoms in total. The molecule has 2 saturated heterocycles. The summed E-state index contributed by atoms with van der Waals surface area (Å²) in [6, 6.07) is 0.697. The third-order valence-corrected chi connectivity index (χ3v) is 7.88. The fourth-order valence-electron chi connectivity index (χ4n) is 4.98. The molecular weight excluding hydrogens is 306 g/mol. The lowest BCUT2D eigenvalue weighted by molar-refractivity contribution is -0.0728. The van der Waals surface area contributed by atoms with Crippen LogP contribution >= 0.6 is 0 Å². The molecule has 0 radical (unpaired) electrons. The van der Waals surface area contributed by atoms with E-state index < -0.39 is 0 Å². The molecule has 0 unspecified atom stereocenters. The van der Waals surface area contributed by atoms with Crippen molar-refractivity contribution in [1.82, 2.24) is 14.7 Å². The zero-order valence-electron chi connectivity index (χ0n) is 18.7. The highest BCUT2D eigenvalue weighted by Crippen LogP contribution is 2.46. The quantitative estimate of drug-likeness (QED) is 0.746. The van der Waals surface area contributed by atoms with Crippen LogP contribution in [0.2, 0.25) is 0 Å². The summed E-state index contributed by atoms with van der Waals surface area (Å²) in [5, 5.41) is 0. The van der Waals surface area contributed by atoms with Crippen molar-refractivity contribution in [3.8, 4) is 0 Å². The van der Waals surface area contributed by atoms with Crippen molar-refractivity contribution >= 4 is 0 Å². The average Bonchev–Trinajstić information content (AvgIpc) is 2.54. The van der Waals surface area contributed by atoms with E-state index in [1.54, 1.807) is 0 Å². The lowest BCUT2D eigenvalue weighted by atomic mass is 9.62. The van der Waals surface area contributed by atoms with Gasteiger partial charge in [-0.3, -0.25) is 9.80 Å². The third-order valence-electron chi connectivity index (χ3n) is 7.88. The van der Waals surface area contributed by atoms with Gasteiger partial charge in [0, 0.05) is 43.3 Å². The van der Waals surface area contributed by atoms with Crippen LogP contribution in [-0.4, -0.2) is 71.1 Å². The molecule has 0 aliphatic carbocycles. The summed E-state index contributed by atoms with van der Waals surface area (Å²) < 4.78 is 0. The topological polar surface area (TPSA) is 9.72 Å². The maximum absolute atomic E-state index is 2.78. The molecule has 25 heavy (non-hydrogen) atoms. The minimum atomic E-state index is 0.252. The van der Waals surface area contributed by atoms with Crippen molar-refractivity contribution in [3.63, 3.8) is 0 Å². The van der Waals surface area contributed by atoms with E-state index in [4.69, 9.17) is 0 Å². The minimum absolute atomic E-state index is 0.252. The van der Waals surface area contributed by atoms with E-state index in [0.717, 1.165) is 5.92 Å². The van der Waals surface area contributed by atoms with Gasteiger partial charge in [-0.1, -0.05) is 13.8 Å². The summed E-state index contributed by atoms with van der Waals surface area (Å²) in [7, 11) is 0. The molecule has 0 bridgehead atoms. The SMILES string of the molecule is CC(C)N1CCC(C(C)(C)C(C)(C)N2CCN(C(C)(C)C)CC2)CC1. The molecule has 2 heterocycles. The molecule has 0 atom stereocenters. The number of likely N-dealkylation sites (tertiary alicyclic amines) is 1. The highest BCUT2D eigenvalue weighted by molar-refractivity contribution is 5.01. The second-order valence-electron chi connectivity index (χ2n) is 10.8. The Morgan fingerprint density at radius 3 is 1.52 bits per heavy atom. The first-order valence-corrected chi connectivity index (χ1v) is 10.6. The van der Waals surface area contributed by atoms with Crippen LogP contribution in [0.3, 0.4) is 0 Å². The zero-order chi connectivity index (χ0) is 19.0. The van der Waals surface area contributed by atoms with Crippen molar-refractivity contribution in [2.24, 2.45) is 11.3 Å². The van der Waals surface area contributed by atoms with Gasteiger partial charge in [0.15, 0.2) is 0 Å². The summed E-state index contributed by atoms with van der Waals surface area (Å²) in [4.78, 5) is 8.08. The highest BCUT2D eigenvalue weighted by atomic mass is 15.3. The van der Waals surface area contributed by atoms with Crippen LogP contribution in [0, 0.1) is 11.3 Å². The van der Waals surface area contributed by atoms with E-state index in [2.05, 4.69) is 77.0 Å². The van der Waals surface area contributed by atoms with Crippen LogP contribution in [0.4, 0.5) is 0 Å². The summed E-state index contributed by atoms with van der Waals surface area (Å²) >= 11 is 0. The fraction of sp³-hybridized carbons (Fsp3) is 1.00. The monoisotopic (exact) mass is 351 g/mol. The lowest BCUT2D eigenvalue weighted by Gasteiger charge is -2.57. The maximum atomic E-state index is 2.78. The van der Waals surface area contributed by atoms with E-state index in [-0.39, 0.29) is 5.54 Å². The Morgan fingerprint density at radius 1 is 0.680 bits per heavy atom. The predicted octanol–water partition coefficient (Wildman–Crippen LogP) is 4.33. The standard InChI is InChI=1S/C22H45N3/c1-18(2)23-12-10-19(11-13-23)21(6,7)22(8,9)25-16-14-24(15-17-25)20(3,4)5/h18-19H,10-17H2,1-9H3. The molecule has 2 fully saturated rings. The second kappa shape index (κ2) is 7.48. The van der Waals surface area contributed by atoms with E-state index in [1.807, 2.05) is 0 Å². The Morgan fingerprint density at radius 2 is 1.12 bits per heavy atom. The average molecular weight is 352 g/mol. The highest BCUT2D eigenvalue weighted by Gasteiger charge is 2.48. The molecule has 3 heteroatoms. The summed E-state index contributed by atoms with van der Waals surface area (Å²) in [5.41, 5.74) is 0.900. The number of hydrogen-bond acceptors (Lipinski definition) is 3. The Balaban J connectivity index is 2.00. The van der Waals surface area contributed by atoms with Crippen LogP contribution in [0.15, 0.2) is 0 Å². The molecule has 2 rings (SSSR count). The van der Waals surface area contributed by atoms with Crippen LogP contribution in [0.25, 0.3) is 0 Å². The third kappa shape index (κ3) is 4.42. The smallest absolute Gasteiger partial charge is 0.0207 e. The van der Waals surface area contributed by atoms with Gasteiger partial charge >= 0.3 is 0 Å². The largest absolute Gasteiger partial charge is 0.301 e. The molecule has 0 aromatic rings. The number of rotatable bonds is 4. The molecule has 0 spiro atoms. The maximum Gasteiger partial charge on any atom is 0.0207 e. The van der Waals surface area contributed by atoms with Crippen LogP contribution in [-0.2, 0) is 0 Å². The number of piperazine rings is 1. The van der Waals surface area contributed by atoms with Gasteiger partial charge in [-0.15, -0.1) is 0 Å².